The van der Waals surface area contributed by atoms with Crippen LogP contribution in [0.15, 0.2) is 30.3 Å². The van der Waals surface area contributed by atoms with Gasteiger partial charge >= 0.3 is 0 Å². The van der Waals surface area contributed by atoms with Crippen LogP contribution < -0.4 is 22.1 Å². The van der Waals surface area contributed by atoms with Crippen LogP contribution >= 0.6 is 0 Å². The quantitative estimate of drug-likeness (QED) is 0.609. The molecule has 1 fully saturated rings. The van der Waals surface area contributed by atoms with E-state index in [4.69, 9.17) is 11.5 Å². The van der Waals surface area contributed by atoms with Crippen molar-refractivity contribution in [3.8, 4) is 0 Å². The maximum Gasteiger partial charge on any atom is 0.252 e. The molecule has 1 amide bonds. The Morgan fingerprint density at radius 3 is 2.50 bits per heavy atom. The smallest absolute Gasteiger partial charge is 0.252 e. The van der Waals surface area contributed by atoms with Crippen molar-refractivity contribution in [2.75, 3.05) is 10.6 Å². The summed E-state index contributed by atoms with van der Waals surface area (Å²) in [5, 5.41) is 6.14. The van der Waals surface area contributed by atoms with Crippen LogP contribution in [0.25, 0.3) is 0 Å². The van der Waals surface area contributed by atoms with Crippen LogP contribution in [-0.2, 0) is 0 Å². The van der Waals surface area contributed by atoms with Gasteiger partial charge in [0.1, 0.15) is 5.82 Å². The van der Waals surface area contributed by atoms with E-state index in [1.807, 2.05) is 38.1 Å². The summed E-state index contributed by atoms with van der Waals surface area (Å²) in [6.45, 7) is 3.97. The number of anilines is 3. The predicted octanol–water partition coefficient (Wildman–Crippen LogP) is 3.05. The zero-order valence-electron chi connectivity index (χ0n) is 15.0. The van der Waals surface area contributed by atoms with Gasteiger partial charge in [-0.1, -0.05) is 24.6 Å². The first-order valence-electron chi connectivity index (χ1n) is 8.72. The van der Waals surface area contributed by atoms with E-state index in [1.165, 1.54) is 0 Å². The zero-order chi connectivity index (χ0) is 18.9. The van der Waals surface area contributed by atoms with E-state index in [2.05, 4.69) is 15.6 Å². The molecule has 1 aliphatic rings. The summed E-state index contributed by atoms with van der Waals surface area (Å²) in [5.41, 5.74) is 13.1. The van der Waals surface area contributed by atoms with Gasteiger partial charge in [-0.05, 0) is 44.4 Å². The second-order valence-electron chi connectivity index (χ2n) is 6.91. The number of halogens is 1. The molecule has 0 radical (unpaired) electrons. The van der Waals surface area contributed by atoms with Gasteiger partial charge in [0.15, 0.2) is 11.6 Å². The molecule has 0 saturated heterocycles. The van der Waals surface area contributed by atoms with Gasteiger partial charge < -0.3 is 22.1 Å². The number of hydrogen-bond donors (Lipinski definition) is 4. The van der Waals surface area contributed by atoms with Crippen molar-refractivity contribution in [2.45, 2.75) is 44.7 Å². The molecule has 6 N–H and O–H groups in total. The van der Waals surface area contributed by atoms with Gasteiger partial charge in [-0.25, -0.2) is 9.37 Å². The Hall–Kier alpha value is -2.67. The Morgan fingerprint density at radius 1 is 1.31 bits per heavy atom. The molecule has 6 nitrogen and oxygen atoms in total. The lowest BCUT2D eigenvalue weighted by Crippen LogP contribution is -2.42. The molecule has 7 heteroatoms. The predicted molar refractivity (Wildman–Crippen MR) is 101 cm³/mol. The third-order valence-electron chi connectivity index (χ3n) is 4.80. The van der Waals surface area contributed by atoms with E-state index in [1.54, 1.807) is 0 Å². The Kier molecular flexibility index (Phi) is 4.82. The molecule has 0 bridgehead atoms. The molecule has 3 rings (SSSR count). The number of nitrogens with zero attached hydrogens (tertiary/aromatic N) is 1. The van der Waals surface area contributed by atoms with E-state index >= 15 is 0 Å². The van der Waals surface area contributed by atoms with Crippen molar-refractivity contribution < 1.29 is 9.18 Å². The van der Waals surface area contributed by atoms with Crippen LogP contribution in [0.1, 0.15) is 42.1 Å². The maximum atomic E-state index is 14.5. The number of aryl methyl sites for hydroxylation is 1. The molecule has 1 atom stereocenters. The molecule has 0 aliphatic heterocycles. The van der Waals surface area contributed by atoms with Crippen molar-refractivity contribution in [1.82, 2.24) is 4.98 Å². The van der Waals surface area contributed by atoms with Crippen LogP contribution in [0.2, 0.25) is 0 Å². The van der Waals surface area contributed by atoms with E-state index in [0.29, 0.717) is 0 Å². The summed E-state index contributed by atoms with van der Waals surface area (Å²) in [5.74, 6) is -1.10. The average molecular weight is 357 g/mol. The molecule has 1 aromatic heterocycles. The number of nitrogens with two attached hydrogens (primary N) is 2. The lowest BCUT2D eigenvalue weighted by molar-refractivity contribution is 0.100. The number of rotatable bonds is 7. The number of amides is 1. The number of carbonyl (C=O) groups excluding carboxylic acids is 1. The molecule has 1 unspecified atom stereocenters. The highest BCUT2D eigenvalue weighted by Crippen LogP contribution is 2.38. The normalized spacial score (nSPS) is 16.0. The summed E-state index contributed by atoms with van der Waals surface area (Å²) in [7, 11) is 0. The minimum absolute atomic E-state index is 0.00411. The third-order valence-corrected chi connectivity index (χ3v) is 4.80. The van der Waals surface area contributed by atoms with E-state index in [9.17, 15) is 9.18 Å². The maximum absolute atomic E-state index is 14.5. The minimum Gasteiger partial charge on any atom is -0.365 e. The molecule has 26 heavy (non-hydrogen) atoms. The lowest BCUT2D eigenvalue weighted by Gasteiger charge is -2.24. The Labute approximate surface area is 152 Å². The lowest BCUT2D eigenvalue weighted by atomic mass is 10.0. The summed E-state index contributed by atoms with van der Waals surface area (Å²) < 4.78 is 14.5. The first kappa shape index (κ1) is 18.1. The van der Waals surface area contributed by atoms with E-state index in [0.717, 1.165) is 36.6 Å². The molecule has 0 spiro atoms. The molecule has 1 aromatic carbocycles. The van der Waals surface area contributed by atoms with Crippen LogP contribution in [0.5, 0.6) is 0 Å². The van der Waals surface area contributed by atoms with Crippen LogP contribution in [-0.4, -0.2) is 22.5 Å². The van der Waals surface area contributed by atoms with Crippen LogP contribution in [0.4, 0.5) is 21.7 Å². The van der Waals surface area contributed by atoms with Gasteiger partial charge in [-0.15, -0.1) is 0 Å². The van der Waals surface area contributed by atoms with Gasteiger partial charge in [0.2, 0.25) is 0 Å². The van der Waals surface area contributed by atoms with Gasteiger partial charge in [-0.3, -0.25) is 4.79 Å². The largest absolute Gasteiger partial charge is 0.365 e. The topological polar surface area (TPSA) is 106 Å². The highest BCUT2D eigenvalue weighted by atomic mass is 19.1. The zero-order valence-corrected chi connectivity index (χ0v) is 15.0. The van der Waals surface area contributed by atoms with Gasteiger partial charge in [0, 0.05) is 17.3 Å². The standard InChI is InChI=1S/C19H24FN5O/c1-3-15(19(22)8-9-19)24-18-14(20)10-13(16(21)26)17(25-18)23-12-6-4-11(2)5-7-12/h4-7,10,15H,3,8-9,22H2,1-2H3,(H2,21,26)(H2,23,24,25). The van der Waals surface area contributed by atoms with Crippen molar-refractivity contribution in [3.63, 3.8) is 0 Å². The fourth-order valence-corrected chi connectivity index (χ4v) is 2.96. The van der Waals surface area contributed by atoms with Crippen molar-refractivity contribution in [1.29, 1.82) is 0 Å². The number of primary amides is 1. The van der Waals surface area contributed by atoms with E-state index in [-0.39, 0.29) is 28.8 Å². The summed E-state index contributed by atoms with van der Waals surface area (Å²) in [6.07, 6.45) is 2.54. The molecular weight excluding hydrogens is 333 g/mol. The average Bonchev–Trinajstić information content (AvgIpc) is 3.35. The number of benzene rings is 1. The fraction of sp³-hybridized carbons (Fsp3) is 0.368. The van der Waals surface area contributed by atoms with Crippen molar-refractivity contribution in [3.05, 3.63) is 47.3 Å². The van der Waals surface area contributed by atoms with Crippen LogP contribution in [0, 0.1) is 12.7 Å². The summed E-state index contributed by atoms with van der Waals surface area (Å²) in [6, 6.07) is 8.58. The third kappa shape index (κ3) is 3.77. The van der Waals surface area contributed by atoms with Gasteiger partial charge in [0.25, 0.3) is 5.91 Å². The summed E-state index contributed by atoms with van der Waals surface area (Å²) >= 11 is 0. The first-order chi connectivity index (χ1) is 12.3. The van der Waals surface area contributed by atoms with Gasteiger partial charge in [-0.2, -0.15) is 0 Å². The highest BCUT2D eigenvalue weighted by Gasteiger charge is 2.45. The number of nitrogens with one attached hydrogen (secondary N) is 2. The number of pyridine rings is 1. The number of carbonyl (C=O) groups is 1. The van der Waals surface area contributed by atoms with Crippen molar-refractivity contribution in [2.24, 2.45) is 11.5 Å². The summed E-state index contributed by atoms with van der Waals surface area (Å²) in [4.78, 5) is 16.0. The van der Waals surface area contributed by atoms with E-state index < -0.39 is 11.7 Å². The van der Waals surface area contributed by atoms with Crippen LogP contribution in [0.3, 0.4) is 0 Å². The molecule has 1 heterocycles. The first-order valence-corrected chi connectivity index (χ1v) is 8.72. The number of hydrogen-bond acceptors (Lipinski definition) is 5. The number of aromatic nitrogens is 1. The molecule has 2 aromatic rings. The minimum atomic E-state index is -0.748. The Bertz CT molecular complexity index is 817. The molecular formula is C19H24FN5O. The molecule has 1 saturated carbocycles. The second kappa shape index (κ2) is 6.92. The van der Waals surface area contributed by atoms with Gasteiger partial charge in [0.05, 0.1) is 5.56 Å². The monoisotopic (exact) mass is 357 g/mol. The fourth-order valence-electron chi connectivity index (χ4n) is 2.96. The Morgan fingerprint density at radius 2 is 1.96 bits per heavy atom. The SMILES string of the molecule is CCC(Nc1nc(Nc2ccc(C)cc2)c(C(N)=O)cc1F)C1(N)CC1. The highest BCUT2D eigenvalue weighted by molar-refractivity contribution is 5.98. The molecule has 138 valence electrons. The molecule has 1 aliphatic carbocycles. The second-order valence-corrected chi connectivity index (χ2v) is 6.91. The van der Waals surface area contributed by atoms with Crippen molar-refractivity contribution >= 4 is 23.2 Å². The Balaban J connectivity index is 1.93.